The maximum atomic E-state index is 13.0. The molecule has 2 aromatic rings. The van der Waals surface area contributed by atoms with Gasteiger partial charge in [0.15, 0.2) is 6.61 Å². The SMILES string of the molecule is CC1CN(S(=O)(=O)c2cccc(C(=O)OCC(=O)NCc3ccco3)c2)CC(C)O1. The number of furan rings is 1. The first-order valence-electron chi connectivity index (χ1n) is 9.47. The van der Waals surface area contributed by atoms with Gasteiger partial charge in [-0.1, -0.05) is 6.07 Å². The quantitative estimate of drug-likeness (QED) is 0.655. The fourth-order valence-corrected chi connectivity index (χ4v) is 4.76. The van der Waals surface area contributed by atoms with Gasteiger partial charge >= 0.3 is 5.97 Å². The van der Waals surface area contributed by atoms with Gasteiger partial charge in [0, 0.05) is 13.1 Å². The van der Waals surface area contributed by atoms with E-state index in [4.69, 9.17) is 13.9 Å². The molecular weight excluding hydrogens is 412 g/mol. The molecule has 30 heavy (non-hydrogen) atoms. The third-order valence-electron chi connectivity index (χ3n) is 4.47. The summed E-state index contributed by atoms with van der Waals surface area (Å²) in [5.74, 6) is -0.719. The molecule has 162 valence electrons. The van der Waals surface area contributed by atoms with Gasteiger partial charge in [0.1, 0.15) is 5.76 Å². The summed E-state index contributed by atoms with van der Waals surface area (Å²) >= 11 is 0. The summed E-state index contributed by atoms with van der Waals surface area (Å²) in [6.07, 6.45) is 1.04. The molecule has 0 spiro atoms. The molecule has 0 saturated carbocycles. The minimum absolute atomic E-state index is 0.0134. The predicted molar refractivity (Wildman–Crippen MR) is 106 cm³/mol. The van der Waals surface area contributed by atoms with Crippen molar-refractivity contribution in [3.8, 4) is 0 Å². The van der Waals surface area contributed by atoms with Gasteiger partial charge in [0.05, 0.1) is 35.5 Å². The first-order chi connectivity index (χ1) is 14.3. The summed E-state index contributed by atoms with van der Waals surface area (Å²) in [5.41, 5.74) is 0.0456. The number of morpholine rings is 1. The molecule has 1 amide bonds. The fraction of sp³-hybridized carbons (Fsp3) is 0.400. The molecule has 0 aliphatic carbocycles. The number of rotatable bonds is 7. The number of carbonyl (C=O) groups is 2. The smallest absolute Gasteiger partial charge is 0.338 e. The molecule has 1 fully saturated rings. The highest BCUT2D eigenvalue weighted by molar-refractivity contribution is 7.89. The molecule has 1 N–H and O–H groups in total. The average Bonchev–Trinajstić information content (AvgIpc) is 3.23. The predicted octanol–water partition coefficient (Wildman–Crippen LogP) is 1.55. The van der Waals surface area contributed by atoms with Crippen LogP contribution in [0.4, 0.5) is 0 Å². The molecule has 1 saturated heterocycles. The second kappa shape index (κ2) is 9.41. The molecule has 9 nitrogen and oxygen atoms in total. The summed E-state index contributed by atoms with van der Waals surface area (Å²) in [7, 11) is -3.79. The van der Waals surface area contributed by atoms with Crippen LogP contribution in [0.15, 0.2) is 52.0 Å². The molecule has 1 aromatic carbocycles. The Morgan fingerprint density at radius 3 is 2.57 bits per heavy atom. The molecule has 0 radical (unpaired) electrons. The van der Waals surface area contributed by atoms with E-state index in [9.17, 15) is 18.0 Å². The number of nitrogens with one attached hydrogen (secondary N) is 1. The van der Waals surface area contributed by atoms with Crippen LogP contribution in [0, 0.1) is 0 Å². The lowest BCUT2D eigenvalue weighted by molar-refractivity contribution is -0.124. The van der Waals surface area contributed by atoms with Gasteiger partial charge in [0.2, 0.25) is 10.0 Å². The number of esters is 1. The third kappa shape index (κ3) is 5.47. The van der Waals surface area contributed by atoms with Crippen LogP contribution in [0.3, 0.4) is 0 Å². The second-order valence-electron chi connectivity index (χ2n) is 7.04. The zero-order valence-electron chi connectivity index (χ0n) is 16.7. The summed E-state index contributed by atoms with van der Waals surface area (Å²) in [4.78, 5) is 24.1. The number of benzene rings is 1. The van der Waals surface area contributed by atoms with Crippen molar-refractivity contribution >= 4 is 21.9 Å². The Hall–Kier alpha value is -2.69. The molecule has 1 aromatic heterocycles. The lowest BCUT2D eigenvalue weighted by atomic mass is 10.2. The van der Waals surface area contributed by atoms with Crippen LogP contribution in [0.5, 0.6) is 0 Å². The molecule has 1 aliphatic rings. The van der Waals surface area contributed by atoms with E-state index in [1.165, 1.54) is 34.8 Å². The van der Waals surface area contributed by atoms with Gasteiger partial charge < -0.3 is 19.2 Å². The highest BCUT2D eigenvalue weighted by Crippen LogP contribution is 2.22. The van der Waals surface area contributed by atoms with Crippen molar-refractivity contribution in [2.75, 3.05) is 19.7 Å². The van der Waals surface area contributed by atoms with Crippen LogP contribution in [-0.4, -0.2) is 56.5 Å². The molecule has 0 bridgehead atoms. The van der Waals surface area contributed by atoms with Crippen LogP contribution in [0.1, 0.15) is 30.0 Å². The van der Waals surface area contributed by atoms with E-state index in [1.54, 1.807) is 12.1 Å². The van der Waals surface area contributed by atoms with E-state index in [0.29, 0.717) is 5.76 Å². The Balaban J connectivity index is 1.61. The number of sulfonamides is 1. The zero-order valence-corrected chi connectivity index (χ0v) is 17.6. The minimum Gasteiger partial charge on any atom is -0.467 e. The number of hydrogen-bond acceptors (Lipinski definition) is 7. The zero-order chi connectivity index (χ0) is 21.7. The maximum absolute atomic E-state index is 13.0. The number of carbonyl (C=O) groups excluding carboxylic acids is 2. The van der Waals surface area contributed by atoms with Crippen molar-refractivity contribution < 1.29 is 31.9 Å². The van der Waals surface area contributed by atoms with E-state index >= 15 is 0 Å². The summed E-state index contributed by atoms with van der Waals surface area (Å²) in [6.45, 7) is 3.77. The second-order valence-corrected chi connectivity index (χ2v) is 8.98. The largest absolute Gasteiger partial charge is 0.467 e. The molecule has 2 unspecified atom stereocenters. The first kappa shape index (κ1) is 22.0. The number of ether oxygens (including phenoxy) is 2. The Kier molecular flexibility index (Phi) is 6.91. The van der Waals surface area contributed by atoms with E-state index < -0.39 is 28.5 Å². The van der Waals surface area contributed by atoms with Crippen molar-refractivity contribution in [3.05, 3.63) is 54.0 Å². The molecule has 10 heteroatoms. The Morgan fingerprint density at radius 1 is 1.17 bits per heavy atom. The van der Waals surface area contributed by atoms with Gasteiger partial charge in [-0.25, -0.2) is 13.2 Å². The summed E-state index contributed by atoms with van der Waals surface area (Å²) < 4.78 is 42.9. The Morgan fingerprint density at radius 2 is 1.90 bits per heavy atom. The van der Waals surface area contributed by atoms with Crippen molar-refractivity contribution in [3.63, 3.8) is 0 Å². The monoisotopic (exact) mass is 436 g/mol. The number of nitrogens with zero attached hydrogens (tertiary/aromatic N) is 1. The van der Waals surface area contributed by atoms with Crippen LogP contribution >= 0.6 is 0 Å². The first-order valence-corrected chi connectivity index (χ1v) is 10.9. The van der Waals surface area contributed by atoms with E-state index in [2.05, 4.69) is 5.32 Å². The minimum atomic E-state index is -3.79. The summed E-state index contributed by atoms with van der Waals surface area (Å²) in [6, 6.07) is 8.98. The number of hydrogen-bond donors (Lipinski definition) is 1. The van der Waals surface area contributed by atoms with Crippen LogP contribution in [0.2, 0.25) is 0 Å². The highest BCUT2D eigenvalue weighted by atomic mass is 32.2. The van der Waals surface area contributed by atoms with Crippen LogP contribution in [0.25, 0.3) is 0 Å². The Labute approximate surface area is 175 Å². The summed E-state index contributed by atoms with van der Waals surface area (Å²) in [5, 5.41) is 2.55. The van der Waals surface area contributed by atoms with E-state index in [1.807, 2.05) is 13.8 Å². The van der Waals surface area contributed by atoms with E-state index in [0.717, 1.165) is 0 Å². The van der Waals surface area contributed by atoms with Crippen LogP contribution < -0.4 is 5.32 Å². The highest BCUT2D eigenvalue weighted by Gasteiger charge is 2.32. The number of amides is 1. The average molecular weight is 436 g/mol. The molecule has 1 aliphatic heterocycles. The van der Waals surface area contributed by atoms with Crippen LogP contribution in [-0.2, 0) is 30.8 Å². The van der Waals surface area contributed by atoms with Crippen molar-refractivity contribution in [1.29, 1.82) is 0 Å². The Bertz CT molecular complexity index is 978. The third-order valence-corrected chi connectivity index (χ3v) is 6.30. The standard InChI is InChI=1S/C20H24N2O7S/c1-14-11-22(12-15(2)29-14)30(25,26)18-7-3-5-16(9-18)20(24)28-13-19(23)21-10-17-6-4-8-27-17/h3-9,14-15H,10-13H2,1-2H3,(H,21,23). The van der Waals surface area contributed by atoms with Gasteiger partial charge in [-0.05, 0) is 44.2 Å². The lowest BCUT2D eigenvalue weighted by Crippen LogP contribution is -2.48. The van der Waals surface area contributed by atoms with Gasteiger partial charge in [-0.2, -0.15) is 4.31 Å². The van der Waals surface area contributed by atoms with E-state index in [-0.39, 0.29) is 42.3 Å². The van der Waals surface area contributed by atoms with Gasteiger partial charge in [-0.15, -0.1) is 0 Å². The van der Waals surface area contributed by atoms with Crippen molar-refractivity contribution in [2.24, 2.45) is 0 Å². The van der Waals surface area contributed by atoms with Crippen molar-refractivity contribution in [2.45, 2.75) is 37.5 Å². The molecule has 3 rings (SSSR count). The topological polar surface area (TPSA) is 115 Å². The molecule has 2 atom stereocenters. The normalized spacial score (nSPS) is 19.9. The molecular formula is C20H24N2O7S. The lowest BCUT2D eigenvalue weighted by Gasteiger charge is -2.34. The van der Waals surface area contributed by atoms with Gasteiger partial charge in [-0.3, -0.25) is 4.79 Å². The maximum Gasteiger partial charge on any atom is 0.338 e. The molecule has 2 heterocycles. The fourth-order valence-electron chi connectivity index (χ4n) is 3.12. The van der Waals surface area contributed by atoms with Crippen molar-refractivity contribution in [1.82, 2.24) is 9.62 Å². The van der Waals surface area contributed by atoms with Gasteiger partial charge in [0.25, 0.3) is 5.91 Å².